The quantitative estimate of drug-likeness (QED) is 0.526. The number of aliphatic imine (C=N–C) groups is 1. The van der Waals surface area contributed by atoms with Crippen LogP contribution < -0.4 is 16.0 Å². The van der Waals surface area contributed by atoms with E-state index in [0.717, 1.165) is 33.3 Å². The van der Waals surface area contributed by atoms with E-state index in [9.17, 15) is 4.79 Å². The molecule has 1 aliphatic heterocycles. The van der Waals surface area contributed by atoms with Crippen LogP contribution in [-0.2, 0) is 6.54 Å². The van der Waals surface area contributed by atoms with E-state index < -0.39 is 0 Å². The Kier molecular flexibility index (Phi) is 5.96. The van der Waals surface area contributed by atoms with E-state index in [2.05, 4.69) is 56.7 Å². The van der Waals surface area contributed by atoms with Gasteiger partial charge in [0.25, 0.3) is 5.91 Å². The highest BCUT2D eigenvalue weighted by Crippen LogP contribution is 2.26. The second-order valence-electron chi connectivity index (χ2n) is 8.79. The molecular weight excluding hydrogens is 424 g/mol. The van der Waals surface area contributed by atoms with Crippen LogP contribution in [0.4, 0.5) is 5.13 Å². The standard InChI is InChI=1S/C22H28N8OS/c1-6-30-12-27-16-10-23-15(7-17(16)30)19(31)28-13(2)18-11-26-21(32-18)29-14-8-24-20(25-9-14)22(3,4)5/h7-13,20,24H,6H2,1-5H3,(H,26,29)(H,28,31). The molecule has 2 unspecified atom stereocenters. The van der Waals surface area contributed by atoms with Gasteiger partial charge in [-0.1, -0.05) is 32.1 Å². The van der Waals surface area contributed by atoms with Crippen LogP contribution in [0.5, 0.6) is 0 Å². The van der Waals surface area contributed by atoms with Gasteiger partial charge in [-0.2, -0.15) is 0 Å². The van der Waals surface area contributed by atoms with E-state index in [1.807, 2.05) is 30.8 Å². The number of pyridine rings is 1. The van der Waals surface area contributed by atoms with Gasteiger partial charge in [-0.3, -0.25) is 9.79 Å². The topological polar surface area (TPSA) is 109 Å². The number of hydrogen-bond donors (Lipinski definition) is 3. The third kappa shape index (κ3) is 4.64. The number of nitrogens with one attached hydrogen (secondary N) is 3. The summed E-state index contributed by atoms with van der Waals surface area (Å²) in [6.07, 6.45) is 8.94. The van der Waals surface area contributed by atoms with Crippen molar-refractivity contribution >= 4 is 39.6 Å². The molecule has 4 rings (SSSR count). The average molecular weight is 453 g/mol. The van der Waals surface area contributed by atoms with Gasteiger partial charge < -0.3 is 20.5 Å². The molecule has 10 heteroatoms. The van der Waals surface area contributed by atoms with Gasteiger partial charge in [0, 0.05) is 35.4 Å². The van der Waals surface area contributed by atoms with Crippen molar-refractivity contribution in [1.82, 2.24) is 30.2 Å². The first-order chi connectivity index (χ1) is 15.2. The Labute approximate surface area is 191 Å². The number of amides is 1. The number of anilines is 1. The van der Waals surface area contributed by atoms with Crippen LogP contribution in [0.25, 0.3) is 11.0 Å². The van der Waals surface area contributed by atoms with E-state index in [4.69, 9.17) is 0 Å². The predicted molar refractivity (Wildman–Crippen MR) is 128 cm³/mol. The number of thiazole rings is 1. The second-order valence-corrected chi connectivity index (χ2v) is 9.85. The molecule has 1 aliphatic rings. The average Bonchev–Trinajstić information content (AvgIpc) is 3.39. The zero-order valence-corrected chi connectivity index (χ0v) is 19.7. The number of allylic oxidation sites excluding steroid dienone is 1. The number of imidazole rings is 1. The number of hydrogen-bond acceptors (Lipinski definition) is 8. The van der Waals surface area contributed by atoms with Crippen LogP contribution in [0, 0.1) is 5.41 Å². The molecule has 168 valence electrons. The summed E-state index contributed by atoms with van der Waals surface area (Å²) in [6.45, 7) is 11.2. The first kappa shape index (κ1) is 21.9. The summed E-state index contributed by atoms with van der Waals surface area (Å²) in [7, 11) is 0. The van der Waals surface area contributed by atoms with Crippen molar-refractivity contribution < 1.29 is 4.79 Å². The van der Waals surface area contributed by atoms with E-state index in [0.29, 0.717) is 5.69 Å². The van der Waals surface area contributed by atoms with Gasteiger partial charge in [0.2, 0.25) is 0 Å². The predicted octanol–water partition coefficient (Wildman–Crippen LogP) is 3.70. The molecule has 0 aliphatic carbocycles. The maximum Gasteiger partial charge on any atom is 0.270 e. The van der Waals surface area contributed by atoms with E-state index in [1.165, 1.54) is 11.3 Å². The fourth-order valence-corrected chi connectivity index (χ4v) is 4.13. The molecule has 0 saturated carbocycles. The number of carbonyl (C=O) groups is 1. The summed E-state index contributed by atoms with van der Waals surface area (Å²) in [4.78, 5) is 31.3. The Morgan fingerprint density at radius 1 is 1.28 bits per heavy atom. The number of carbonyl (C=O) groups excluding carboxylic acids is 1. The first-order valence-electron chi connectivity index (χ1n) is 10.6. The zero-order valence-electron chi connectivity index (χ0n) is 18.9. The molecule has 9 nitrogen and oxygen atoms in total. The molecule has 1 amide bonds. The van der Waals surface area contributed by atoms with Crippen molar-refractivity contribution in [3.63, 3.8) is 0 Å². The zero-order chi connectivity index (χ0) is 22.9. The highest BCUT2D eigenvalue weighted by atomic mass is 32.1. The van der Waals surface area contributed by atoms with Crippen LogP contribution in [-0.4, -0.2) is 37.8 Å². The van der Waals surface area contributed by atoms with Crippen molar-refractivity contribution in [2.45, 2.75) is 53.4 Å². The molecule has 0 radical (unpaired) electrons. The van der Waals surface area contributed by atoms with Crippen LogP contribution in [0.15, 0.2) is 41.7 Å². The Balaban J connectivity index is 1.39. The molecule has 4 heterocycles. The lowest BCUT2D eigenvalue weighted by molar-refractivity contribution is 0.0935. The molecule has 32 heavy (non-hydrogen) atoms. The Hall–Kier alpha value is -3.27. The van der Waals surface area contributed by atoms with Crippen molar-refractivity contribution in [3.05, 3.63) is 47.3 Å². The minimum absolute atomic E-state index is 0.0378. The lowest BCUT2D eigenvalue weighted by Crippen LogP contribution is -2.38. The van der Waals surface area contributed by atoms with Gasteiger partial charge in [-0.15, -0.1) is 0 Å². The molecule has 0 saturated heterocycles. The third-order valence-corrected chi connectivity index (χ3v) is 6.31. The minimum atomic E-state index is -0.231. The lowest BCUT2D eigenvalue weighted by Gasteiger charge is -2.29. The number of nitrogens with zero attached hydrogens (tertiary/aromatic N) is 5. The smallest absolute Gasteiger partial charge is 0.270 e. The van der Waals surface area contributed by atoms with Crippen molar-refractivity contribution in [1.29, 1.82) is 0 Å². The van der Waals surface area contributed by atoms with Gasteiger partial charge in [-0.05, 0) is 19.9 Å². The second kappa shape index (κ2) is 8.70. The Bertz CT molecular complexity index is 1190. The van der Waals surface area contributed by atoms with Crippen molar-refractivity contribution in [2.24, 2.45) is 10.4 Å². The third-order valence-electron chi connectivity index (χ3n) is 5.21. The summed E-state index contributed by atoms with van der Waals surface area (Å²) in [5, 5.41) is 10.3. The SMILES string of the molecule is CCn1cnc2cnc(C(=O)NC(C)c3cnc(NC4=CNC(C(C)(C)C)N=C4)s3)cc21. The number of rotatable bonds is 6. The molecule has 0 aromatic carbocycles. The van der Waals surface area contributed by atoms with Gasteiger partial charge in [0.05, 0.1) is 29.8 Å². The van der Waals surface area contributed by atoms with Crippen LogP contribution in [0.3, 0.4) is 0 Å². The van der Waals surface area contributed by atoms with Crippen LogP contribution in [0.2, 0.25) is 0 Å². The molecule has 2 atom stereocenters. The van der Waals surface area contributed by atoms with E-state index >= 15 is 0 Å². The number of fused-ring (bicyclic) bond motifs is 1. The maximum atomic E-state index is 12.8. The van der Waals surface area contributed by atoms with Crippen LogP contribution in [0.1, 0.15) is 56.0 Å². The van der Waals surface area contributed by atoms with Crippen molar-refractivity contribution in [2.75, 3.05) is 5.32 Å². The van der Waals surface area contributed by atoms with Crippen molar-refractivity contribution in [3.8, 4) is 0 Å². The summed E-state index contributed by atoms with van der Waals surface area (Å²) in [5.74, 6) is -0.231. The van der Waals surface area contributed by atoms with Crippen LogP contribution >= 0.6 is 11.3 Å². The molecule has 0 bridgehead atoms. The fourth-order valence-electron chi connectivity index (χ4n) is 3.29. The van der Waals surface area contributed by atoms with Gasteiger partial charge in [0.15, 0.2) is 5.13 Å². The highest BCUT2D eigenvalue weighted by molar-refractivity contribution is 7.15. The highest BCUT2D eigenvalue weighted by Gasteiger charge is 2.24. The molecular formula is C22H28N8OS. The minimum Gasteiger partial charge on any atom is -0.368 e. The van der Waals surface area contributed by atoms with Gasteiger partial charge in [-0.25, -0.2) is 15.0 Å². The monoisotopic (exact) mass is 452 g/mol. The lowest BCUT2D eigenvalue weighted by atomic mass is 9.92. The molecule has 0 fully saturated rings. The summed E-state index contributed by atoms with van der Waals surface area (Å²) < 4.78 is 1.99. The molecule has 3 aromatic rings. The summed E-state index contributed by atoms with van der Waals surface area (Å²) >= 11 is 1.49. The Morgan fingerprint density at radius 2 is 2.09 bits per heavy atom. The largest absolute Gasteiger partial charge is 0.368 e. The fraction of sp³-hybridized carbons (Fsp3) is 0.409. The first-order valence-corrected chi connectivity index (χ1v) is 11.4. The van der Waals surface area contributed by atoms with E-state index in [-0.39, 0.29) is 23.5 Å². The van der Waals surface area contributed by atoms with Gasteiger partial charge in [0.1, 0.15) is 17.4 Å². The molecule has 0 spiro atoms. The number of aryl methyl sites for hydroxylation is 1. The van der Waals surface area contributed by atoms with Gasteiger partial charge >= 0.3 is 0 Å². The molecule has 3 aromatic heterocycles. The normalized spacial score (nSPS) is 17.0. The maximum absolute atomic E-state index is 12.8. The summed E-state index contributed by atoms with van der Waals surface area (Å²) in [5.41, 5.74) is 2.92. The number of aromatic nitrogens is 4. The molecule has 3 N–H and O–H groups in total. The van der Waals surface area contributed by atoms with E-state index in [1.54, 1.807) is 24.8 Å². The summed E-state index contributed by atoms with van der Waals surface area (Å²) in [6, 6.07) is 1.57. The Morgan fingerprint density at radius 3 is 2.78 bits per heavy atom.